The molecular formula is C8H11N5O3. The Morgan fingerprint density at radius 2 is 1.94 bits per heavy atom. The van der Waals surface area contributed by atoms with Gasteiger partial charge in [0, 0.05) is 5.34 Å². The molecule has 1 aromatic rings. The standard InChI is InChI=1S/C8H11N5O3/c9-8(12-13(15)16)11-10-5-6-1-3-7(14)4-2-6/h1-5,14-16H,(H3,9,11,12). The Kier molecular flexibility index (Phi) is 4.21. The topological polar surface area (TPSA) is 127 Å². The van der Waals surface area contributed by atoms with E-state index < -0.39 is 0 Å². The van der Waals surface area contributed by atoms with Crippen LogP contribution in [0.4, 0.5) is 0 Å². The highest BCUT2D eigenvalue weighted by Crippen LogP contribution is 2.07. The minimum absolute atomic E-state index is 0.151. The lowest BCUT2D eigenvalue weighted by Crippen LogP contribution is -2.41. The highest BCUT2D eigenvalue weighted by Gasteiger charge is 1.93. The summed E-state index contributed by atoms with van der Waals surface area (Å²) in [7, 11) is 0. The molecule has 86 valence electrons. The van der Waals surface area contributed by atoms with Crippen molar-refractivity contribution in [2.24, 2.45) is 15.9 Å². The zero-order valence-corrected chi connectivity index (χ0v) is 8.15. The Morgan fingerprint density at radius 3 is 2.50 bits per heavy atom. The molecule has 0 aromatic heterocycles. The molecule has 0 spiro atoms. The molecule has 8 nitrogen and oxygen atoms in total. The van der Waals surface area contributed by atoms with Crippen LogP contribution in [0.1, 0.15) is 5.56 Å². The summed E-state index contributed by atoms with van der Waals surface area (Å²) >= 11 is 0. The molecule has 0 aliphatic carbocycles. The van der Waals surface area contributed by atoms with Gasteiger partial charge in [-0.3, -0.25) is 10.4 Å². The number of hydrogen-bond acceptors (Lipinski definition) is 6. The first-order valence-electron chi connectivity index (χ1n) is 4.18. The van der Waals surface area contributed by atoms with Crippen LogP contribution in [0.3, 0.4) is 0 Å². The number of guanidine groups is 1. The Balaban J connectivity index is 2.57. The van der Waals surface area contributed by atoms with Gasteiger partial charge in [0.1, 0.15) is 5.75 Å². The van der Waals surface area contributed by atoms with Crippen molar-refractivity contribution >= 4 is 12.2 Å². The van der Waals surface area contributed by atoms with Crippen LogP contribution in [0.15, 0.2) is 34.5 Å². The third-order valence-electron chi connectivity index (χ3n) is 1.48. The third kappa shape index (κ3) is 4.37. The van der Waals surface area contributed by atoms with Crippen LogP contribution < -0.4 is 11.2 Å². The Labute approximate surface area is 90.8 Å². The summed E-state index contributed by atoms with van der Waals surface area (Å²) < 4.78 is 0. The smallest absolute Gasteiger partial charge is 0.232 e. The summed E-state index contributed by atoms with van der Waals surface area (Å²) in [5.41, 5.74) is 7.75. The van der Waals surface area contributed by atoms with Gasteiger partial charge in [-0.25, -0.2) is 5.43 Å². The number of nitrogens with zero attached hydrogens (tertiary/aromatic N) is 3. The van der Waals surface area contributed by atoms with E-state index in [1.807, 2.05) is 5.43 Å². The van der Waals surface area contributed by atoms with E-state index in [4.69, 9.17) is 21.3 Å². The molecule has 0 saturated carbocycles. The van der Waals surface area contributed by atoms with Crippen LogP contribution in [0.25, 0.3) is 0 Å². The minimum Gasteiger partial charge on any atom is -0.508 e. The van der Waals surface area contributed by atoms with Gasteiger partial charge in [-0.15, -0.1) is 5.10 Å². The van der Waals surface area contributed by atoms with E-state index in [-0.39, 0.29) is 17.0 Å². The fourth-order valence-corrected chi connectivity index (χ4v) is 0.843. The summed E-state index contributed by atoms with van der Waals surface area (Å²) in [5.74, 6) is -0.141. The molecule has 0 amide bonds. The van der Waals surface area contributed by atoms with Gasteiger partial charge in [-0.2, -0.15) is 5.10 Å². The normalized spacial score (nSPS) is 12.3. The molecule has 1 aromatic carbocycles. The lowest BCUT2D eigenvalue weighted by Gasteiger charge is -2.05. The fourth-order valence-electron chi connectivity index (χ4n) is 0.843. The average molecular weight is 225 g/mol. The van der Waals surface area contributed by atoms with E-state index in [1.54, 1.807) is 12.1 Å². The van der Waals surface area contributed by atoms with Gasteiger partial charge in [-0.1, -0.05) is 0 Å². The SMILES string of the molecule is NC(=NN=Cc1ccc(O)cc1)NN(O)O. The van der Waals surface area contributed by atoms with Crippen molar-refractivity contribution in [1.29, 1.82) is 0 Å². The molecule has 0 saturated heterocycles. The van der Waals surface area contributed by atoms with E-state index >= 15 is 0 Å². The van der Waals surface area contributed by atoms with Crippen LogP contribution in [0, 0.1) is 0 Å². The van der Waals surface area contributed by atoms with Crippen molar-refractivity contribution in [3.8, 4) is 5.75 Å². The summed E-state index contributed by atoms with van der Waals surface area (Å²) in [5, 5.41) is 32.3. The largest absolute Gasteiger partial charge is 0.508 e. The quantitative estimate of drug-likeness (QED) is 0.271. The number of hydrazine groups is 1. The molecule has 0 fully saturated rings. The number of phenolic OH excluding ortho intramolecular Hbond substituents is 1. The number of rotatable bonds is 3. The number of nitrogens with one attached hydrogen (secondary N) is 1. The lowest BCUT2D eigenvalue weighted by atomic mass is 10.2. The van der Waals surface area contributed by atoms with Gasteiger partial charge in [-0.05, 0) is 29.8 Å². The van der Waals surface area contributed by atoms with Gasteiger partial charge in [0.05, 0.1) is 6.21 Å². The molecule has 0 bridgehead atoms. The Morgan fingerprint density at radius 1 is 1.31 bits per heavy atom. The molecule has 6 N–H and O–H groups in total. The number of benzene rings is 1. The second-order valence-corrected chi connectivity index (χ2v) is 2.72. The Bertz CT molecular complexity index is 387. The first-order chi connectivity index (χ1) is 7.58. The second-order valence-electron chi connectivity index (χ2n) is 2.72. The monoisotopic (exact) mass is 225 g/mol. The van der Waals surface area contributed by atoms with Gasteiger partial charge < -0.3 is 10.8 Å². The summed E-state index contributed by atoms with van der Waals surface area (Å²) in [6.45, 7) is 0. The highest BCUT2D eigenvalue weighted by atomic mass is 16.8. The van der Waals surface area contributed by atoms with E-state index in [2.05, 4.69) is 10.2 Å². The molecule has 0 heterocycles. The van der Waals surface area contributed by atoms with Crippen LogP contribution in [0.2, 0.25) is 0 Å². The first kappa shape index (κ1) is 11.9. The molecule has 0 aliphatic rings. The van der Waals surface area contributed by atoms with Crippen LogP contribution >= 0.6 is 0 Å². The van der Waals surface area contributed by atoms with Gasteiger partial charge >= 0.3 is 0 Å². The highest BCUT2D eigenvalue weighted by molar-refractivity contribution is 5.82. The molecular weight excluding hydrogens is 214 g/mol. The van der Waals surface area contributed by atoms with Crippen molar-refractivity contribution in [1.82, 2.24) is 10.8 Å². The molecule has 16 heavy (non-hydrogen) atoms. The predicted octanol–water partition coefficient (Wildman–Crippen LogP) is -0.374. The number of aromatic hydroxyl groups is 1. The fraction of sp³-hybridized carbons (Fsp3) is 0. The van der Waals surface area contributed by atoms with Crippen molar-refractivity contribution in [3.63, 3.8) is 0 Å². The molecule has 0 unspecified atom stereocenters. The molecule has 0 aliphatic heterocycles. The van der Waals surface area contributed by atoms with Crippen LogP contribution in [0.5, 0.6) is 5.75 Å². The average Bonchev–Trinajstić information content (AvgIpc) is 2.20. The van der Waals surface area contributed by atoms with Crippen molar-refractivity contribution in [2.75, 3.05) is 0 Å². The van der Waals surface area contributed by atoms with Crippen molar-refractivity contribution in [3.05, 3.63) is 29.8 Å². The van der Waals surface area contributed by atoms with Gasteiger partial charge in [0.25, 0.3) is 0 Å². The van der Waals surface area contributed by atoms with E-state index in [0.717, 1.165) is 0 Å². The van der Waals surface area contributed by atoms with Crippen molar-refractivity contribution < 1.29 is 15.5 Å². The predicted molar refractivity (Wildman–Crippen MR) is 55.9 cm³/mol. The van der Waals surface area contributed by atoms with Crippen LogP contribution in [-0.2, 0) is 0 Å². The third-order valence-corrected chi connectivity index (χ3v) is 1.48. The molecule has 1 rings (SSSR count). The number of phenols is 1. The maximum atomic E-state index is 9.01. The lowest BCUT2D eigenvalue weighted by molar-refractivity contribution is -0.329. The molecule has 0 atom stereocenters. The molecule has 0 radical (unpaired) electrons. The van der Waals surface area contributed by atoms with Gasteiger partial charge in [0.15, 0.2) is 0 Å². The minimum atomic E-state index is -0.338. The summed E-state index contributed by atoms with van der Waals surface area (Å²) in [4.78, 5) is 0. The number of nitrogens with two attached hydrogens (primary N) is 1. The second kappa shape index (κ2) is 5.66. The Hall–Kier alpha value is -2.16. The zero-order chi connectivity index (χ0) is 12.0. The maximum Gasteiger partial charge on any atom is 0.232 e. The first-order valence-corrected chi connectivity index (χ1v) is 4.18. The van der Waals surface area contributed by atoms with E-state index in [9.17, 15) is 0 Å². The van der Waals surface area contributed by atoms with Crippen LogP contribution in [-0.4, -0.2) is 33.0 Å². The summed E-state index contributed by atoms with van der Waals surface area (Å²) in [6.07, 6.45) is 1.38. The zero-order valence-electron chi connectivity index (χ0n) is 8.15. The maximum absolute atomic E-state index is 9.01. The van der Waals surface area contributed by atoms with E-state index in [0.29, 0.717) is 5.56 Å². The van der Waals surface area contributed by atoms with E-state index in [1.165, 1.54) is 18.3 Å². The van der Waals surface area contributed by atoms with Gasteiger partial charge in [0.2, 0.25) is 5.96 Å². The number of hydrogen-bond donors (Lipinski definition) is 5. The summed E-state index contributed by atoms with van der Waals surface area (Å²) in [6, 6.07) is 6.25. The molecule has 8 heteroatoms. The van der Waals surface area contributed by atoms with Crippen molar-refractivity contribution in [2.45, 2.75) is 0 Å².